The molecule has 140 valence electrons. The van der Waals surface area contributed by atoms with Crippen molar-refractivity contribution in [2.75, 3.05) is 5.32 Å². The van der Waals surface area contributed by atoms with Crippen LogP contribution in [0.1, 0.15) is 36.5 Å². The molecule has 0 saturated carbocycles. The zero-order valence-corrected chi connectivity index (χ0v) is 14.9. The lowest BCUT2D eigenvalue weighted by molar-refractivity contribution is 0.102. The van der Waals surface area contributed by atoms with Crippen molar-refractivity contribution in [2.45, 2.75) is 32.7 Å². The molecule has 0 radical (unpaired) electrons. The third-order valence-corrected chi connectivity index (χ3v) is 4.31. The summed E-state index contributed by atoms with van der Waals surface area (Å²) in [5, 5.41) is 2.93. The van der Waals surface area contributed by atoms with Crippen LogP contribution in [0.3, 0.4) is 0 Å². The van der Waals surface area contributed by atoms with Crippen LogP contribution in [0.2, 0.25) is 0 Å². The summed E-state index contributed by atoms with van der Waals surface area (Å²) in [5.41, 5.74) is 0.00217. The van der Waals surface area contributed by atoms with E-state index >= 15 is 0 Å². The lowest BCUT2D eigenvalue weighted by atomic mass is 10.1. The van der Waals surface area contributed by atoms with E-state index < -0.39 is 17.4 Å². The van der Waals surface area contributed by atoms with E-state index in [1.54, 1.807) is 6.07 Å². The van der Waals surface area contributed by atoms with Gasteiger partial charge in [-0.2, -0.15) is 0 Å². The minimum atomic E-state index is -0.494. The lowest BCUT2D eigenvalue weighted by Crippen LogP contribution is -2.35. The normalized spacial score (nSPS) is 10.9. The Morgan fingerprint density at radius 3 is 2.70 bits per heavy atom. The van der Waals surface area contributed by atoms with Crippen molar-refractivity contribution in [3.63, 3.8) is 0 Å². The number of anilines is 1. The van der Waals surface area contributed by atoms with Crippen molar-refractivity contribution in [1.29, 1.82) is 0 Å². The molecule has 0 saturated heterocycles. The second-order valence-corrected chi connectivity index (χ2v) is 6.32. The highest BCUT2D eigenvalue weighted by molar-refractivity contribution is 6.06. The van der Waals surface area contributed by atoms with Gasteiger partial charge in [-0.25, -0.2) is 9.18 Å². The second kappa shape index (κ2) is 7.99. The number of H-pyrrole nitrogens is 1. The van der Waals surface area contributed by atoms with Crippen molar-refractivity contribution in [3.8, 4) is 0 Å². The number of aromatic amines is 1. The smallest absolute Gasteiger partial charge is 0.322 e. The molecule has 0 spiro atoms. The molecule has 0 unspecified atom stereocenters. The van der Waals surface area contributed by atoms with Crippen molar-refractivity contribution in [3.05, 3.63) is 74.7 Å². The van der Waals surface area contributed by atoms with E-state index in [0.717, 1.165) is 19.3 Å². The molecular weight excluding hydrogens is 349 g/mol. The number of aromatic nitrogens is 2. The summed E-state index contributed by atoms with van der Waals surface area (Å²) in [6, 6.07) is 10.0. The van der Waals surface area contributed by atoms with Crippen LogP contribution in [-0.4, -0.2) is 15.5 Å². The molecule has 0 aliphatic heterocycles. The zero-order valence-electron chi connectivity index (χ0n) is 14.9. The summed E-state index contributed by atoms with van der Waals surface area (Å²) >= 11 is 0. The van der Waals surface area contributed by atoms with Crippen LogP contribution in [0.4, 0.5) is 10.1 Å². The predicted molar refractivity (Wildman–Crippen MR) is 103 cm³/mol. The van der Waals surface area contributed by atoms with Gasteiger partial charge in [-0.15, -0.1) is 0 Å². The molecule has 0 aliphatic carbocycles. The number of unbranched alkanes of at least 4 members (excludes halogenated alkanes) is 2. The van der Waals surface area contributed by atoms with Crippen LogP contribution in [0.15, 0.2) is 52.1 Å². The molecule has 1 amide bonds. The van der Waals surface area contributed by atoms with Gasteiger partial charge < -0.3 is 10.3 Å². The first-order valence-electron chi connectivity index (χ1n) is 8.83. The number of nitrogens with one attached hydrogen (secondary N) is 2. The molecule has 1 heterocycles. The maximum atomic E-state index is 13.2. The molecule has 0 aliphatic rings. The fraction of sp³-hybridized carbons (Fsp3) is 0.250. The van der Waals surface area contributed by atoms with E-state index in [2.05, 4.69) is 10.3 Å². The van der Waals surface area contributed by atoms with Crippen LogP contribution in [0, 0.1) is 5.82 Å². The van der Waals surface area contributed by atoms with E-state index in [4.69, 9.17) is 0 Å². The fourth-order valence-corrected chi connectivity index (χ4v) is 2.89. The van der Waals surface area contributed by atoms with Gasteiger partial charge in [0.2, 0.25) is 0 Å². The number of rotatable bonds is 6. The molecular formula is C20H20FN3O3. The maximum absolute atomic E-state index is 13.2. The van der Waals surface area contributed by atoms with E-state index in [9.17, 15) is 18.8 Å². The van der Waals surface area contributed by atoms with Crippen LogP contribution in [0.25, 0.3) is 10.9 Å². The van der Waals surface area contributed by atoms with Crippen LogP contribution in [0.5, 0.6) is 0 Å². The molecule has 7 heteroatoms. The van der Waals surface area contributed by atoms with Gasteiger partial charge in [0.25, 0.3) is 11.5 Å². The SMILES string of the molecule is CCCCCn1c(=O)[nH]c2cc(C(=O)Nc3cccc(F)c3)ccc2c1=O. The molecule has 1 aromatic heterocycles. The molecule has 3 rings (SSSR count). The topological polar surface area (TPSA) is 84.0 Å². The van der Waals surface area contributed by atoms with Gasteiger partial charge in [-0.05, 0) is 42.8 Å². The molecule has 0 bridgehead atoms. The first kappa shape index (κ1) is 18.6. The highest BCUT2D eigenvalue weighted by Crippen LogP contribution is 2.14. The number of hydrogen-bond acceptors (Lipinski definition) is 3. The Morgan fingerprint density at radius 1 is 1.15 bits per heavy atom. The Morgan fingerprint density at radius 2 is 1.96 bits per heavy atom. The molecule has 27 heavy (non-hydrogen) atoms. The largest absolute Gasteiger partial charge is 0.328 e. The summed E-state index contributed by atoms with van der Waals surface area (Å²) in [6.45, 7) is 2.41. The maximum Gasteiger partial charge on any atom is 0.328 e. The van der Waals surface area contributed by atoms with Crippen LogP contribution >= 0.6 is 0 Å². The number of nitrogens with zero attached hydrogens (tertiary/aromatic N) is 1. The van der Waals surface area contributed by atoms with Gasteiger partial charge in [-0.3, -0.25) is 14.2 Å². The highest BCUT2D eigenvalue weighted by Gasteiger charge is 2.12. The zero-order chi connectivity index (χ0) is 19.4. The Labute approximate surface area is 154 Å². The lowest BCUT2D eigenvalue weighted by Gasteiger charge is -2.08. The van der Waals surface area contributed by atoms with E-state index in [1.807, 2.05) is 6.92 Å². The summed E-state index contributed by atoms with van der Waals surface area (Å²) in [4.78, 5) is 39.8. The monoisotopic (exact) mass is 369 g/mol. The first-order valence-corrected chi connectivity index (χ1v) is 8.83. The highest BCUT2D eigenvalue weighted by atomic mass is 19.1. The van der Waals surface area contributed by atoms with Crippen molar-refractivity contribution in [1.82, 2.24) is 9.55 Å². The van der Waals surface area contributed by atoms with Gasteiger partial charge in [-0.1, -0.05) is 25.8 Å². The quantitative estimate of drug-likeness (QED) is 0.654. The van der Waals surface area contributed by atoms with Crippen molar-refractivity contribution >= 4 is 22.5 Å². The van der Waals surface area contributed by atoms with Crippen molar-refractivity contribution < 1.29 is 9.18 Å². The number of halogens is 1. The van der Waals surface area contributed by atoms with Gasteiger partial charge in [0.1, 0.15) is 5.82 Å². The molecule has 0 fully saturated rings. The van der Waals surface area contributed by atoms with E-state index in [1.165, 1.54) is 41.0 Å². The third kappa shape index (κ3) is 4.13. The Hall–Kier alpha value is -3.22. The summed E-state index contributed by atoms with van der Waals surface area (Å²) in [6.07, 6.45) is 2.67. The molecule has 2 N–H and O–H groups in total. The number of carbonyl (C=O) groups is 1. The molecule has 2 aromatic carbocycles. The third-order valence-electron chi connectivity index (χ3n) is 4.31. The van der Waals surface area contributed by atoms with Crippen LogP contribution in [-0.2, 0) is 6.54 Å². The fourth-order valence-electron chi connectivity index (χ4n) is 2.89. The number of amides is 1. The number of carbonyl (C=O) groups excluding carboxylic acids is 1. The average Bonchev–Trinajstić information content (AvgIpc) is 2.64. The minimum absolute atomic E-state index is 0.255. The van der Waals surface area contributed by atoms with E-state index in [0.29, 0.717) is 23.1 Å². The molecule has 0 atom stereocenters. The summed E-state index contributed by atoms with van der Waals surface area (Å²) < 4.78 is 14.4. The summed E-state index contributed by atoms with van der Waals surface area (Å²) in [7, 11) is 0. The second-order valence-electron chi connectivity index (χ2n) is 6.32. The molecule has 6 nitrogen and oxygen atoms in total. The van der Waals surface area contributed by atoms with Gasteiger partial charge in [0, 0.05) is 17.8 Å². The van der Waals surface area contributed by atoms with Crippen LogP contribution < -0.4 is 16.6 Å². The number of fused-ring (bicyclic) bond motifs is 1. The minimum Gasteiger partial charge on any atom is -0.322 e. The van der Waals surface area contributed by atoms with Gasteiger partial charge in [0.05, 0.1) is 10.9 Å². The van der Waals surface area contributed by atoms with Crippen molar-refractivity contribution in [2.24, 2.45) is 0 Å². The Balaban J connectivity index is 1.91. The first-order chi connectivity index (χ1) is 13.0. The van der Waals surface area contributed by atoms with E-state index in [-0.39, 0.29) is 11.1 Å². The Bertz CT molecular complexity index is 1100. The van der Waals surface area contributed by atoms with Gasteiger partial charge in [0.15, 0.2) is 0 Å². The number of hydrogen-bond donors (Lipinski definition) is 2. The standard InChI is InChI=1S/C20H20FN3O3/c1-2-3-4-10-24-19(26)16-9-8-13(11-17(16)23-20(24)27)18(25)22-15-7-5-6-14(21)12-15/h5-9,11-12H,2-4,10H2,1H3,(H,22,25)(H,23,27). The predicted octanol–water partition coefficient (Wildman–Crippen LogP) is 3.27. The average molecular weight is 369 g/mol. The van der Waals surface area contributed by atoms with Gasteiger partial charge >= 0.3 is 5.69 Å². The molecule has 3 aromatic rings. The summed E-state index contributed by atoms with van der Waals surface area (Å²) in [5.74, 6) is -0.922. The Kier molecular flexibility index (Phi) is 5.49. The number of benzene rings is 2.